The maximum atomic E-state index is 13.4. The highest BCUT2D eigenvalue weighted by Crippen LogP contribution is 2.19. The molecule has 0 aliphatic heterocycles. The van der Waals surface area contributed by atoms with Crippen molar-refractivity contribution >= 4 is 45.4 Å². The number of rotatable bonds is 3. The van der Waals surface area contributed by atoms with Crippen molar-refractivity contribution in [2.75, 3.05) is 0 Å². The Morgan fingerprint density at radius 3 is 2.89 bits per heavy atom. The summed E-state index contributed by atoms with van der Waals surface area (Å²) in [7, 11) is 0. The molecule has 1 aromatic heterocycles. The van der Waals surface area contributed by atoms with E-state index in [-0.39, 0.29) is 10.7 Å². The van der Waals surface area contributed by atoms with Crippen LogP contribution in [0.2, 0.25) is 0 Å². The van der Waals surface area contributed by atoms with Gasteiger partial charge in [-0.1, -0.05) is 15.9 Å². The number of halogens is 2. The lowest BCUT2D eigenvalue weighted by molar-refractivity contribution is 0.0702. The molecule has 92 valence electrons. The van der Waals surface area contributed by atoms with E-state index in [0.29, 0.717) is 10.6 Å². The summed E-state index contributed by atoms with van der Waals surface area (Å²) in [5, 5.41) is 9.26. The first-order chi connectivity index (χ1) is 8.56. The summed E-state index contributed by atoms with van der Waals surface area (Å²) in [6.07, 6.45) is 4.43. The van der Waals surface area contributed by atoms with Crippen LogP contribution in [0.15, 0.2) is 28.9 Å². The zero-order valence-electron chi connectivity index (χ0n) is 8.93. The second-order valence-corrected chi connectivity index (χ2v) is 5.34. The topological polar surface area (TPSA) is 50.2 Å². The molecule has 0 saturated carbocycles. The average molecular weight is 328 g/mol. The summed E-state index contributed by atoms with van der Waals surface area (Å²) >= 11 is 4.29. The average Bonchev–Trinajstić information content (AvgIpc) is 2.79. The van der Waals surface area contributed by atoms with Crippen LogP contribution in [0, 0.1) is 5.82 Å². The second kappa shape index (κ2) is 5.41. The number of carboxylic acid groups (broad SMARTS) is 1. The zero-order chi connectivity index (χ0) is 13.1. The van der Waals surface area contributed by atoms with Crippen molar-refractivity contribution in [1.29, 1.82) is 0 Å². The van der Waals surface area contributed by atoms with Crippen LogP contribution in [0.4, 0.5) is 4.39 Å². The number of carbonyl (C=O) groups is 1. The van der Waals surface area contributed by atoms with Gasteiger partial charge < -0.3 is 5.11 Å². The summed E-state index contributed by atoms with van der Waals surface area (Å²) in [5.41, 5.74) is 0.413. The van der Waals surface area contributed by atoms with E-state index in [0.717, 1.165) is 15.8 Å². The third-order valence-corrected chi connectivity index (χ3v) is 3.54. The van der Waals surface area contributed by atoms with Crippen LogP contribution < -0.4 is 0 Å². The molecule has 2 aromatic rings. The lowest BCUT2D eigenvalue weighted by Crippen LogP contribution is -1.89. The normalized spacial score (nSPS) is 11.0. The Labute approximate surface area is 115 Å². The Morgan fingerprint density at radius 2 is 2.22 bits per heavy atom. The summed E-state index contributed by atoms with van der Waals surface area (Å²) in [6, 6.07) is 4.60. The third kappa shape index (κ3) is 3.02. The third-order valence-electron chi connectivity index (χ3n) is 2.10. The Hall–Kier alpha value is -1.53. The molecule has 18 heavy (non-hydrogen) atoms. The molecule has 0 bridgehead atoms. The van der Waals surface area contributed by atoms with E-state index in [2.05, 4.69) is 20.9 Å². The van der Waals surface area contributed by atoms with Crippen LogP contribution in [0.1, 0.15) is 20.2 Å². The van der Waals surface area contributed by atoms with E-state index < -0.39 is 5.97 Å². The van der Waals surface area contributed by atoms with Gasteiger partial charge in [0.15, 0.2) is 0 Å². The van der Waals surface area contributed by atoms with E-state index in [9.17, 15) is 9.18 Å². The summed E-state index contributed by atoms with van der Waals surface area (Å²) in [4.78, 5) is 14.7. The monoisotopic (exact) mass is 327 g/mol. The van der Waals surface area contributed by atoms with Crippen LogP contribution in [-0.4, -0.2) is 16.1 Å². The summed E-state index contributed by atoms with van der Waals surface area (Å²) in [5.74, 6) is -1.36. The molecule has 1 aromatic carbocycles. The minimum atomic E-state index is -1.01. The van der Waals surface area contributed by atoms with E-state index in [1.165, 1.54) is 12.3 Å². The molecular formula is C12H7BrFNO2S. The number of thiazole rings is 1. The highest BCUT2D eigenvalue weighted by Gasteiger charge is 2.06. The van der Waals surface area contributed by atoms with Gasteiger partial charge in [-0.25, -0.2) is 14.2 Å². The van der Waals surface area contributed by atoms with Gasteiger partial charge >= 0.3 is 5.97 Å². The lowest BCUT2D eigenvalue weighted by atomic mass is 10.2. The molecule has 0 saturated heterocycles. The molecule has 0 unspecified atom stereocenters. The smallest absolute Gasteiger partial charge is 0.347 e. The predicted octanol–water partition coefficient (Wildman–Crippen LogP) is 3.91. The number of aromatic carboxylic acids is 1. The van der Waals surface area contributed by atoms with Gasteiger partial charge in [-0.2, -0.15) is 0 Å². The van der Waals surface area contributed by atoms with Crippen molar-refractivity contribution < 1.29 is 14.3 Å². The van der Waals surface area contributed by atoms with Crippen LogP contribution >= 0.6 is 27.3 Å². The van der Waals surface area contributed by atoms with Gasteiger partial charge in [0.25, 0.3) is 0 Å². The number of hydrogen-bond donors (Lipinski definition) is 1. The zero-order valence-corrected chi connectivity index (χ0v) is 11.3. The standard InChI is InChI=1S/C12H7BrFNO2S/c13-8-2-3-9(14)7(5-8)1-4-11-15-6-10(18-11)12(16)17/h1-6H,(H,16,17)/b4-1+. The van der Waals surface area contributed by atoms with Gasteiger partial charge in [-0.3, -0.25) is 0 Å². The first-order valence-electron chi connectivity index (χ1n) is 4.88. The van der Waals surface area contributed by atoms with Gasteiger partial charge in [0, 0.05) is 10.0 Å². The number of nitrogens with zero attached hydrogens (tertiary/aromatic N) is 1. The maximum absolute atomic E-state index is 13.4. The van der Waals surface area contributed by atoms with Crippen molar-refractivity contribution in [1.82, 2.24) is 4.98 Å². The number of carboxylic acids is 1. The SMILES string of the molecule is O=C(O)c1cnc(/C=C/c2cc(Br)ccc2F)s1. The van der Waals surface area contributed by atoms with Crippen molar-refractivity contribution in [3.8, 4) is 0 Å². The van der Waals surface area contributed by atoms with Crippen LogP contribution in [0.3, 0.4) is 0 Å². The molecule has 0 aliphatic carbocycles. The first-order valence-corrected chi connectivity index (χ1v) is 6.49. The van der Waals surface area contributed by atoms with Gasteiger partial charge in [0.1, 0.15) is 15.7 Å². The summed E-state index contributed by atoms with van der Waals surface area (Å²) < 4.78 is 14.2. The van der Waals surface area contributed by atoms with Crippen molar-refractivity contribution in [2.24, 2.45) is 0 Å². The number of hydrogen-bond acceptors (Lipinski definition) is 3. The van der Waals surface area contributed by atoms with E-state index in [1.807, 2.05) is 0 Å². The second-order valence-electron chi connectivity index (χ2n) is 3.37. The fraction of sp³-hybridized carbons (Fsp3) is 0. The molecule has 0 radical (unpaired) electrons. The minimum Gasteiger partial charge on any atom is -0.477 e. The lowest BCUT2D eigenvalue weighted by Gasteiger charge is -1.96. The molecule has 1 N–H and O–H groups in total. The van der Waals surface area contributed by atoms with Crippen molar-refractivity contribution in [3.05, 3.63) is 50.1 Å². The molecule has 0 fully saturated rings. The highest BCUT2D eigenvalue weighted by atomic mass is 79.9. The molecule has 3 nitrogen and oxygen atoms in total. The fourth-order valence-corrected chi connectivity index (χ4v) is 2.31. The molecule has 1 heterocycles. The molecular weight excluding hydrogens is 321 g/mol. The molecule has 0 aliphatic rings. The van der Waals surface area contributed by atoms with Gasteiger partial charge in [-0.05, 0) is 30.4 Å². The Bertz CT molecular complexity index is 624. The van der Waals surface area contributed by atoms with Crippen LogP contribution in [-0.2, 0) is 0 Å². The Morgan fingerprint density at radius 1 is 1.44 bits per heavy atom. The van der Waals surface area contributed by atoms with Crippen LogP contribution in [0.5, 0.6) is 0 Å². The molecule has 6 heteroatoms. The quantitative estimate of drug-likeness (QED) is 0.929. The Kier molecular flexibility index (Phi) is 3.88. The number of aromatic nitrogens is 1. The molecule has 2 rings (SSSR count). The molecule has 0 spiro atoms. The molecule has 0 amide bonds. The molecule has 0 atom stereocenters. The largest absolute Gasteiger partial charge is 0.477 e. The minimum absolute atomic E-state index is 0.157. The number of benzene rings is 1. The highest BCUT2D eigenvalue weighted by molar-refractivity contribution is 9.10. The Balaban J connectivity index is 2.24. The van der Waals surface area contributed by atoms with Gasteiger partial charge in [0.2, 0.25) is 0 Å². The van der Waals surface area contributed by atoms with E-state index in [1.54, 1.807) is 24.3 Å². The van der Waals surface area contributed by atoms with Crippen LogP contribution in [0.25, 0.3) is 12.2 Å². The van der Waals surface area contributed by atoms with E-state index in [4.69, 9.17) is 5.11 Å². The predicted molar refractivity (Wildman–Crippen MR) is 72.1 cm³/mol. The fourth-order valence-electron chi connectivity index (χ4n) is 1.27. The van der Waals surface area contributed by atoms with E-state index >= 15 is 0 Å². The maximum Gasteiger partial charge on any atom is 0.347 e. The van der Waals surface area contributed by atoms with Gasteiger partial charge in [0.05, 0.1) is 6.20 Å². The van der Waals surface area contributed by atoms with Crippen molar-refractivity contribution in [2.45, 2.75) is 0 Å². The van der Waals surface area contributed by atoms with Gasteiger partial charge in [-0.15, -0.1) is 11.3 Å². The first kappa shape index (κ1) is 12.9. The summed E-state index contributed by atoms with van der Waals surface area (Å²) in [6.45, 7) is 0. The van der Waals surface area contributed by atoms with Crippen molar-refractivity contribution in [3.63, 3.8) is 0 Å².